The van der Waals surface area contributed by atoms with E-state index in [0.717, 1.165) is 5.56 Å². The first kappa shape index (κ1) is 24.9. The van der Waals surface area contributed by atoms with Gasteiger partial charge in [0, 0.05) is 36.2 Å². The van der Waals surface area contributed by atoms with Crippen LogP contribution in [0.5, 0.6) is 17.2 Å². The van der Waals surface area contributed by atoms with E-state index in [1.165, 1.54) is 20.4 Å². The Morgan fingerprint density at radius 1 is 1.11 bits per heavy atom. The summed E-state index contributed by atoms with van der Waals surface area (Å²) in [6, 6.07) is 8.66. The number of nitrogen functional groups attached to an aromatic ring is 2. The topological polar surface area (TPSA) is 165 Å². The lowest BCUT2D eigenvalue weighted by atomic mass is 10.0. The highest BCUT2D eigenvalue weighted by molar-refractivity contribution is 5.82. The fourth-order valence-electron chi connectivity index (χ4n) is 3.84. The predicted octanol–water partition coefficient (Wildman–Crippen LogP) is 2.56. The molecule has 4 aromatic rings. The van der Waals surface area contributed by atoms with Crippen molar-refractivity contribution in [2.75, 3.05) is 25.7 Å². The molecule has 5 N–H and O–H groups in total. The van der Waals surface area contributed by atoms with Crippen molar-refractivity contribution in [2.45, 2.75) is 6.42 Å². The molecule has 0 atom stereocenters. The molecule has 0 saturated carbocycles. The van der Waals surface area contributed by atoms with Crippen molar-refractivity contribution < 1.29 is 24.1 Å². The van der Waals surface area contributed by atoms with Gasteiger partial charge in [0.25, 0.3) is 0 Å². The zero-order valence-electron chi connectivity index (χ0n) is 20.2. The zero-order valence-corrected chi connectivity index (χ0v) is 20.2. The Balaban J connectivity index is 1.75. The molecule has 0 radical (unpaired) electrons. The van der Waals surface area contributed by atoms with Gasteiger partial charge in [-0.15, -0.1) is 0 Å². The van der Waals surface area contributed by atoms with Crippen LogP contribution in [0.15, 0.2) is 47.5 Å². The summed E-state index contributed by atoms with van der Waals surface area (Å²) in [5, 5.41) is 9.16. The number of aryl methyl sites for hydroxylation is 1. The molecule has 0 aliphatic rings. The Kier molecular flexibility index (Phi) is 6.84. The van der Waals surface area contributed by atoms with E-state index < -0.39 is 11.6 Å². The first-order chi connectivity index (χ1) is 17.7. The van der Waals surface area contributed by atoms with Crippen LogP contribution in [0.4, 0.5) is 16.6 Å². The first-order valence-electron chi connectivity index (χ1n) is 10.9. The fraction of sp³-hybridized carbons (Fsp3) is 0.154. The van der Waals surface area contributed by atoms with Gasteiger partial charge in [-0.05, 0) is 35.9 Å². The second kappa shape index (κ2) is 10.2. The summed E-state index contributed by atoms with van der Waals surface area (Å²) in [7, 11) is 4.74. The van der Waals surface area contributed by atoms with Crippen LogP contribution in [0.25, 0.3) is 10.9 Å². The molecular formula is C26H23N5O6. The third kappa shape index (κ3) is 5.23. The van der Waals surface area contributed by atoms with Crippen LogP contribution in [-0.2, 0) is 13.5 Å². The Hall–Kier alpha value is -5.24. The highest BCUT2D eigenvalue weighted by Gasteiger charge is 2.14. The molecule has 11 nitrogen and oxygen atoms in total. The van der Waals surface area contributed by atoms with Crippen molar-refractivity contribution in [1.82, 2.24) is 14.5 Å². The molecule has 2 aromatic carbocycles. The zero-order chi connectivity index (χ0) is 26.7. The van der Waals surface area contributed by atoms with Crippen molar-refractivity contribution in [3.05, 3.63) is 75.2 Å². The third-order valence-corrected chi connectivity index (χ3v) is 5.55. The third-order valence-electron chi connectivity index (χ3n) is 5.55. The smallest absolute Gasteiger partial charge is 0.493 e. The number of carboxylic acid groups (broad SMARTS) is 1. The SMILES string of the molecule is COc1cc(Cc2cnc(N)nc2N)cc(C#Cc2ccc3c(=O)c(OC(=O)O)cn(C)c3c2)c1OC. The maximum atomic E-state index is 12.6. The van der Waals surface area contributed by atoms with Crippen LogP contribution in [0.2, 0.25) is 0 Å². The van der Waals surface area contributed by atoms with E-state index in [4.69, 9.17) is 26.0 Å². The average molecular weight is 501 g/mol. The minimum Gasteiger partial charge on any atom is -0.493 e. The second-order valence-corrected chi connectivity index (χ2v) is 7.98. The molecule has 2 heterocycles. The van der Waals surface area contributed by atoms with E-state index in [1.807, 2.05) is 12.1 Å². The van der Waals surface area contributed by atoms with Gasteiger partial charge in [-0.1, -0.05) is 11.8 Å². The van der Waals surface area contributed by atoms with E-state index in [2.05, 4.69) is 26.5 Å². The van der Waals surface area contributed by atoms with Gasteiger partial charge >= 0.3 is 6.16 Å². The van der Waals surface area contributed by atoms with Crippen LogP contribution < -0.4 is 31.1 Å². The summed E-state index contributed by atoms with van der Waals surface area (Å²) in [5.41, 5.74) is 14.4. The predicted molar refractivity (Wildman–Crippen MR) is 137 cm³/mol. The molecular weight excluding hydrogens is 478 g/mol. The standard InChI is InChI=1S/C26H23N5O6/c1-31-13-21(37-26(33)34)22(32)18-7-5-14(10-19(18)31)4-6-16-8-15(11-20(35-2)23(16)36-3)9-17-12-29-25(28)30-24(17)27/h5,7-8,10-13H,9H2,1-3H3,(H,33,34)(H4,27,28,29,30). The lowest BCUT2D eigenvalue weighted by Gasteiger charge is -2.13. The van der Waals surface area contributed by atoms with Gasteiger partial charge in [0.05, 0.1) is 31.5 Å². The van der Waals surface area contributed by atoms with E-state index in [-0.39, 0.29) is 17.5 Å². The van der Waals surface area contributed by atoms with Gasteiger partial charge in [-0.25, -0.2) is 9.78 Å². The quantitative estimate of drug-likeness (QED) is 0.273. The largest absolute Gasteiger partial charge is 0.511 e. The van der Waals surface area contributed by atoms with Crippen molar-refractivity contribution in [2.24, 2.45) is 7.05 Å². The maximum absolute atomic E-state index is 12.6. The minimum atomic E-state index is -1.56. The molecule has 0 spiro atoms. The number of aromatic nitrogens is 3. The number of nitrogens with two attached hydrogens (primary N) is 2. The molecule has 11 heteroatoms. The highest BCUT2D eigenvalue weighted by atomic mass is 16.7. The summed E-state index contributed by atoms with van der Waals surface area (Å²) in [5.74, 6) is 7.26. The van der Waals surface area contributed by atoms with E-state index in [0.29, 0.717) is 45.5 Å². The number of benzene rings is 2. The summed E-state index contributed by atoms with van der Waals surface area (Å²) in [6.45, 7) is 0. The molecule has 4 rings (SSSR count). The molecule has 0 bridgehead atoms. The van der Waals surface area contributed by atoms with Crippen molar-refractivity contribution in [3.63, 3.8) is 0 Å². The number of methoxy groups -OCH3 is 2. The number of hydrogen-bond donors (Lipinski definition) is 3. The number of hydrogen-bond acceptors (Lipinski definition) is 9. The van der Waals surface area contributed by atoms with Crippen molar-refractivity contribution >= 4 is 28.8 Å². The minimum absolute atomic E-state index is 0.0960. The Labute approximate surface area is 211 Å². The molecule has 0 aliphatic heterocycles. The molecule has 188 valence electrons. The van der Waals surface area contributed by atoms with Crippen LogP contribution in [0.1, 0.15) is 22.3 Å². The van der Waals surface area contributed by atoms with Crippen LogP contribution in [0.3, 0.4) is 0 Å². The molecule has 0 unspecified atom stereocenters. The van der Waals surface area contributed by atoms with E-state index in [1.54, 1.807) is 36.0 Å². The van der Waals surface area contributed by atoms with Gasteiger partial charge in [0.15, 0.2) is 17.2 Å². The van der Waals surface area contributed by atoms with Gasteiger partial charge in [0.2, 0.25) is 11.4 Å². The average Bonchev–Trinajstić information content (AvgIpc) is 2.86. The van der Waals surface area contributed by atoms with Crippen LogP contribution >= 0.6 is 0 Å². The number of anilines is 2. The summed E-state index contributed by atoms with van der Waals surface area (Å²) in [6.07, 6.45) is 1.75. The number of pyridine rings is 1. The fourth-order valence-corrected chi connectivity index (χ4v) is 3.84. The molecule has 0 saturated heterocycles. The van der Waals surface area contributed by atoms with Crippen LogP contribution in [0, 0.1) is 11.8 Å². The normalized spacial score (nSPS) is 10.5. The Bertz CT molecular complexity index is 1650. The lowest BCUT2D eigenvalue weighted by molar-refractivity contribution is 0.144. The summed E-state index contributed by atoms with van der Waals surface area (Å²) < 4.78 is 17.3. The number of rotatable bonds is 5. The molecule has 0 aliphatic carbocycles. The number of fused-ring (bicyclic) bond motifs is 1. The Morgan fingerprint density at radius 2 is 1.89 bits per heavy atom. The second-order valence-electron chi connectivity index (χ2n) is 7.98. The van der Waals surface area contributed by atoms with Crippen molar-refractivity contribution in [3.8, 4) is 29.1 Å². The van der Waals surface area contributed by atoms with Crippen molar-refractivity contribution in [1.29, 1.82) is 0 Å². The van der Waals surface area contributed by atoms with Crippen LogP contribution in [-0.4, -0.2) is 40.0 Å². The number of nitrogens with zero attached hydrogens (tertiary/aromatic N) is 3. The molecule has 2 aromatic heterocycles. The summed E-state index contributed by atoms with van der Waals surface area (Å²) >= 11 is 0. The number of carbonyl (C=O) groups is 1. The molecule has 37 heavy (non-hydrogen) atoms. The van der Waals surface area contributed by atoms with Gasteiger partial charge in [-0.3, -0.25) is 4.79 Å². The number of ether oxygens (including phenoxy) is 3. The molecule has 0 amide bonds. The monoisotopic (exact) mass is 501 g/mol. The van der Waals surface area contributed by atoms with Gasteiger partial charge in [-0.2, -0.15) is 4.98 Å². The lowest BCUT2D eigenvalue weighted by Crippen LogP contribution is -2.15. The first-order valence-corrected chi connectivity index (χ1v) is 10.9. The highest BCUT2D eigenvalue weighted by Crippen LogP contribution is 2.33. The summed E-state index contributed by atoms with van der Waals surface area (Å²) in [4.78, 5) is 31.5. The van der Waals surface area contributed by atoms with Gasteiger partial charge < -0.3 is 35.4 Å². The Morgan fingerprint density at radius 3 is 2.57 bits per heavy atom. The van der Waals surface area contributed by atoms with E-state index >= 15 is 0 Å². The molecule has 0 fully saturated rings. The maximum Gasteiger partial charge on any atom is 0.511 e. The van der Waals surface area contributed by atoms with Gasteiger partial charge in [0.1, 0.15) is 5.82 Å². The van der Waals surface area contributed by atoms with E-state index in [9.17, 15) is 9.59 Å².